The van der Waals surface area contributed by atoms with Crippen molar-refractivity contribution in [2.75, 3.05) is 19.6 Å². The lowest BCUT2D eigenvalue weighted by atomic mass is 9.72. The van der Waals surface area contributed by atoms with E-state index in [1.54, 1.807) is 12.3 Å². The molecule has 3 fully saturated rings. The van der Waals surface area contributed by atoms with E-state index in [0.717, 1.165) is 42.5 Å². The van der Waals surface area contributed by atoms with Crippen molar-refractivity contribution in [3.05, 3.63) is 67.0 Å². The zero-order valence-corrected chi connectivity index (χ0v) is 19.3. The van der Waals surface area contributed by atoms with Gasteiger partial charge in [0, 0.05) is 43.5 Å². The van der Waals surface area contributed by atoms with Gasteiger partial charge in [0.2, 0.25) is 11.8 Å². The number of likely N-dealkylation sites (tertiary alicyclic amines) is 1. The highest BCUT2D eigenvalue weighted by Gasteiger charge is 2.62. The fraction of sp³-hybridized carbons (Fsp3) is 0.464. The molecule has 172 valence electrons. The Kier molecular flexibility index (Phi) is 5.81. The summed E-state index contributed by atoms with van der Waals surface area (Å²) in [5.41, 5.74) is 2.92. The Morgan fingerprint density at radius 3 is 2.70 bits per heavy atom. The fourth-order valence-corrected chi connectivity index (χ4v) is 6.03. The van der Waals surface area contributed by atoms with Crippen LogP contribution in [0.4, 0.5) is 0 Å². The second kappa shape index (κ2) is 8.77. The molecule has 5 rings (SSSR count). The summed E-state index contributed by atoms with van der Waals surface area (Å²) < 4.78 is 0. The van der Waals surface area contributed by atoms with Gasteiger partial charge in [0.05, 0.1) is 5.41 Å². The number of rotatable bonds is 7. The van der Waals surface area contributed by atoms with E-state index in [1.165, 1.54) is 19.3 Å². The van der Waals surface area contributed by atoms with Crippen molar-refractivity contribution in [2.24, 2.45) is 16.7 Å². The maximum atomic E-state index is 13.6. The first-order chi connectivity index (χ1) is 16.1. The van der Waals surface area contributed by atoms with Crippen LogP contribution in [-0.4, -0.2) is 41.3 Å². The predicted octanol–water partition coefficient (Wildman–Crippen LogP) is 4.39. The minimum absolute atomic E-state index is 0.0232. The first kappa shape index (κ1) is 21.9. The molecule has 2 atom stereocenters. The third kappa shape index (κ3) is 4.09. The molecule has 1 spiro atoms. The highest BCUT2D eigenvalue weighted by Crippen LogP contribution is 2.66. The number of carbonyl (C=O) groups excluding carboxylic acids is 2. The van der Waals surface area contributed by atoms with Gasteiger partial charge < -0.3 is 10.2 Å². The van der Waals surface area contributed by atoms with Crippen molar-refractivity contribution in [1.82, 2.24) is 15.2 Å². The van der Waals surface area contributed by atoms with E-state index in [0.29, 0.717) is 24.9 Å². The molecule has 1 saturated heterocycles. The Balaban J connectivity index is 1.43. The summed E-state index contributed by atoms with van der Waals surface area (Å²) in [6.45, 7) is 5.44. The standard InChI is InChI=1S/C28H33N3O2/c1-2-14-30-26(33)28(17-21-8-3-4-10-23(21)22-9-5-15-29-19-22)13-7-16-31(20-28)25(32)24-18-27(24)11-6-12-27/h2-5,8-10,15,19,24H,1,6-7,11-14,16-18,20H2,(H,30,33). The maximum Gasteiger partial charge on any atom is 0.228 e. The van der Waals surface area contributed by atoms with Crippen LogP contribution in [0.5, 0.6) is 0 Å². The van der Waals surface area contributed by atoms with Crippen LogP contribution in [0, 0.1) is 16.7 Å². The Morgan fingerprint density at radius 2 is 2.00 bits per heavy atom. The molecule has 3 aliphatic rings. The van der Waals surface area contributed by atoms with Gasteiger partial charge in [0.15, 0.2) is 0 Å². The van der Waals surface area contributed by atoms with Gasteiger partial charge in [0.25, 0.3) is 0 Å². The van der Waals surface area contributed by atoms with Crippen molar-refractivity contribution in [1.29, 1.82) is 0 Å². The predicted molar refractivity (Wildman–Crippen MR) is 129 cm³/mol. The summed E-state index contributed by atoms with van der Waals surface area (Å²) in [5.74, 6) is 0.479. The minimum atomic E-state index is -0.642. The highest BCUT2D eigenvalue weighted by molar-refractivity contribution is 5.87. The summed E-state index contributed by atoms with van der Waals surface area (Å²) in [4.78, 5) is 33.3. The van der Waals surface area contributed by atoms with Crippen LogP contribution in [-0.2, 0) is 16.0 Å². The normalized spacial score (nSPS) is 25.2. The van der Waals surface area contributed by atoms with Gasteiger partial charge in [-0.3, -0.25) is 14.6 Å². The number of nitrogens with zero attached hydrogens (tertiary/aromatic N) is 2. The molecule has 0 bridgehead atoms. The monoisotopic (exact) mass is 443 g/mol. The Labute approximate surface area is 196 Å². The molecule has 2 aromatic rings. The molecule has 33 heavy (non-hydrogen) atoms. The van der Waals surface area contributed by atoms with Gasteiger partial charge in [-0.2, -0.15) is 0 Å². The lowest BCUT2D eigenvalue weighted by Crippen LogP contribution is -2.55. The summed E-state index contributed by atoms with van der Waals surface area (Å²) >= 11 is 0. The molecular formula is C28H33N3O2. The summed E-state index contributed by atoms with van der Waals surface area (Å²) in [7, 11) is 0. The molecule has 1 aromatic heterocycles. The van der Waals surface area contributed by atoms with Crippen LogP contribution < -0.4 is 5.32 Å². The number of hydrogen-bond donors (Lipinski definition) is 1. The van der Waals surface area contributed by atoms with Crippen molar-refractivity contribution in [2.45, 2.75) is 44.9 Å². The molecule has 1 N–H and O–H groups in total. The minimum Gasteiger partial charge on any atom is -0.352 e. The number of benzene rings is 1. The van der Waals surface area contributed by atoms with Crippen molar-refractivity contribution in [3.8, 4) is 11.1 Å². The molecule has 2 aliphatic carbocycles. The van der Waals surface area contributed by atoms with Crippen LogP contribution >= 0.6 is 0 Å². The molecule has 2 unspecified atom stereocenters. The van der Waals surface area contributed by atoms with Crippen molar-refractivity contribution >= 4 is 11.8 Å². The number of nitrogens with one attached hydrogen (secondary N) is 1. The molecule has 1 aliphatic heterocycles. The van der Waals surface area contributed by atoms with Gasteiger partial charge in [-0.1, -0.05) is 42.8 Å². The van der Waals surface area contributed by atoms with Gasteiger partial charge in [-0.25, -0.2) is 0 Å². The lowest BCUT2D eigenvalue weighted by Gasteiger charge is -2.42. The fourth-order valence-electron chi connectivity index (χ4n) is 6.03. The van der Waals surface area contributed by atoms with Crippen LogP contribution in [0.1, 0.15) is 44.1 Å². The zero-order valence-electron chi connectivity index (χ0n) is 19.3. The van der Waals surface area contributed by atoms with Crippen LogP contribution in [0.3, 0.4) is 0 Å². The summed E-state index contributed by atoms with van der Waals surface area (Å²) in [5, 5.41) is 3.06. The van der Waals surface area contributed by atoms with E-state index in [2.05, 4.69) is 35.1 Å². The largest absolute Gasteiger partial charge is 0.352 e. The quantitative estimate of drug-likeness (QED) is 0.646. The molecule has 2 amide bonds. The van der Waals surface area contributed by atoms with Crippen molar-refractivity contribution in [3.63, 3.8) is 0 Å². The second-order valence-electron chi connectivity index (χ2n) is 10.2. The van der Waals surface area contributed by atoms with Gasteiger partial charge in [-0.15, -0.1) is 6.58 Å². The average molecular weight is 444 g/mol. The smallest absolute Gasteiger partial charge is 0.228 e. The molecule has 2 heterocycles. The SMILES string of the molecule is C=CCNC(=O)C1(Cc2ccccc2-c2cccnc2)CCCN(C(=O)C2CC23CCC3)C1. The average Bonchev–Trinajstić information content (AvgIpc) is 3.60. The van der Waals surface area contributed by atoms with E-state index in [1.807, 2.05) is 29.3 Å². The number of pyridine rings is 1. The Morgan fingerprint density at radius 1 is 1.15 bits per heavy atom. The first-order valence-corrected chi connectivity index (χ1v) is 12.2. The second-order valence-corrected chi connectivity index (χ2v) is 10.2. The number of carbonyl (C=O) groups is 2. The molecule has 0 radical (unpaired) electrons. The van der Waals surface area contributed by atoms with E-state index < -0.39 is 5.41 Å². The third-order valence-electron chi connectivity index (χ3n) is 8.13. The van der Waals surface area contributed by atoms with Gasteiger partial charge in [-0.05, 0) is 61.1 Å². The number of hydrogen-bond acceptors (Lipinski definition) is 3. The summed E-state index contributed by atoms with van der Waals surface area (Å²) in [6.07, 6.45) is 12.3. The van der Waals surface area contributed by atoms with Gasteiger partial charge >= 0.3 is 0 Å². The van der Waals surface area contributed by atoms with Crippen LogP contribution in [0.2, 0.25) is 0 Å². The zero-order chi connectivity index (χ0) is 22.9. The van der Waals surface area contributed by atoms with E-state index in [4.69, 9.17) is 0 Å². The number of amides is 2. The van der Waals surface area contributed by atoms with Crippen LogP contribution in [0.25, 0.3) is 11.1 Å². The highest BCUT2D eigenvalue weighted by atomic mass is 16.2. The van der Waals surface area contributed by atoms with Crippen LogP contribution in [0.15, 0.2) is 61.4 Å². The number of aromatic nitrogens is 1. The molecular weight excluding hydrogens is 410 g/mol. The van der Waals surface area contributed by atoms with Gasteiger partial charge in [0.1, 0.15) is 0 Å². The van der Waals surface area contributed by atoms with Crippen molar-refractivity contribution < 1.29 is 9.59 Å². The number of piperidine rings is 1. The lowest BCUT2D eigenvalue weighted by molar-refractivity contribution is -0.143. The Bertz CT molecular complexity index is 1050. The first-order valence-electron chi connectivity index (χ1n) is 12.2. The molecule has 5 heteroatoms. The van der Waals surface area contributed by atoms with E-state index >= 15 is 0 Å². The maximum absolute atomic E-state index is 13.6. The summed E-state index contributed by atoms with van der Waals surface area (Å²) in [6, 6.07) is 12.2. The molecule has 5 nitrogen and oxygen atoms in total. The molecule has 1 aromatic carbocycles. The van der Waals surface area contributed by atoms with E-state index in [-0.39, 0.29) is 17.7 Å². The Hall–Kier alpha value is -2.95. The van der Waals surface area contributed by atoms with E-state index in [9.17, 15) is 9.59 Å². The third-order valence-corrected chi connectivity index (χ3v) is 8.13. The molecule has 2 saturated carbocycles. The topological polar surface area (TPSA) is 62.3 Å².